The summed E-state index contributed by atoms with van der Waals surface area (Å²) in [6.45, 7) is 12.8. The highest BCUT2D eigenvalue weighted by Crippen LogP contribution is 2.45. The molecular formula is C51H57N3O6. The molecule has 9 heteroatoms. The number of aryl methyl sites for hydroxylation is 2. The lowest BCUT2D eigenvalue weighted by Gasteiger charge is -2.19. The fourth-order valence-corrected chi connectivity index (χ4v) is 6.06. The van der Waals surface area contributed by atoms with Gasteiger partial charge in [0.25, 0.3) is 0 Å². The summed E-state index contributed by atoms with van der Waals surface area (Å²) >= 11 is 0. The molecule has 0 radical (unpaired) electrons. The Morgan fingerprint density at radius 2 is 0.883 bits per heavy atom. The van der Waals surface area contributed by atoms with Crippen LogP contribution in [0.4, 0.5) is 0 Å². The van der Waals surface area contributed by atoms with Crippen molar-refractivity contribution < 1.29 is 28.5 Å². The Bertz CT molecular complexity index is 2240. The van der Waals surface area contributed by atoms with Gasteiger partial charge in [-0.3, -0.25) is 14.6 Å². The minimum absolute atomic E-state index is 0.127. The topological polar surface area (TPSA) is 110 Å². The number of aromatic nitrogens is 3. The average molecular weight is 808 g/mol. The predicted octanol–water partition coefficient (Wildman–Crippen LogP) is 12.0. The van der Waals surface area contributed by atoms with Gasteiger partial charge in [0.1, 0.15) is 22.9 Å². The number of Topliss-reactive ketones (excluding diaryl/α,β-unsaturated/α-hetero) is 2. The molecule has 0 saturated heterocycles. The summed E-state index contributed by atoms with van der Waals surface area (Å²) < 4.78 is 22.1. The molecule has 0 aliphatic heterocycles. The van der Waals surface area contributed by atoms with E-state index in [2.05, 4.69) is 134 Å². The molecule has 60 heavy (non-hydrogen) atoms. The predicted molar refractivity (Wildman–Crippen MR) is 243 cm³/mol. The van der Waals surface area contributed by atoms with E-state index < -0.39 is 0 Å². The van der Waals surface area contributed by atoms with Crippen LogP contribution in [0.3, 0.4) is 0 Å². The second-order valence-corrected chi connectivity index (χ2v) is 13.6. The normalized spacial score (nSPS) is 10.2. The number of fused-ring (bicyclic) bond motifs is 2. The zero-order valence-electron chi connectivity index (χ0n) is 36.2. The Hall–Kier alpha value is -6.61. The van der Waals surface area contributed by atoms with E-state index in [-0.39, 0.29) is 11.6 Å². The zero-order valence-corrected chi connectivity index (χ0v) is 36.2. The fraction of sp³-hybridized carbons (Fsp3) is 0.275. The molecular weight excluding hydrogens is 751 g/mol. The summed E-state index contributed by atoms with van der Waals surface area (Å²) in [5.41, 5.74) is 5.30. The maximum Gasteiger partial charge on any atom is 0.216 e. The molecule has 312 valence electrons. The van der Waals surface area contributed by atoms with Crippen LogP contribution in [0, 0.1) is 0 Å². The van der Waals surface area contributed by atoms with Crippen molar-refractivity contribution in [1.29, 1.82) is 0 Å². The minimum Gasteiger partial charge on any atom is -0.493 e. The molecule has 3 heterocycles. The Morgan fingerprint density at radius 3 is 1.28 bits per heavy atom. The van der Waals surface area contributed by atoms with Crippen LogP contribution in [0.2, 0.25) is 0 Å². The van der Waals surface area contributed by atoms with Gasteiger partial charge < -0.3 is 18.9 Å². The number of ether oxygens (including phenoxy) is 4. The Balaban J connectivity index is 0.000000204. The van der Waals surface area contributed by atoms with Crippen LogP contribution < -0.4 is 18.9 Å². The number of hydrogen-bond donors (Lipinski definition) is 0. The molecule has 7 aromatic rings. The maximum absolute atomic E-state index is 10.8. The van der Waals surface area contributed by atoms with Crippen molar-refractivity contribution in [2.75, 3.05) is 27.4 Å². The van der Waals surface area contributed by atoms with Gasteiger partial charge in [0.15, 0.2) is 11.6 Å². The molecule has 0 bridgehead atoms. The van der Waals surface area contributed by atoms with Crippen LogP contribution in [0.1, 0.15) is 86.7 Å². The number of carbonyl (C=O) groups excluding carboxylic acids is 2. The lowest BCUT2D eigenvalue weighted by atomic mass is 9.92. The molecule has 0 spiro atoms. The van der Waals surface area contributed by atoms with E-state index in [4.69, 9.17) is 18.9 Å². The number of carbonyl (C=O) groups is 2. The van der Waals surface area contributed by atoms with Crippen molar-refractivity contribution in [1.82, 2.24) is 15.0 Å². The first-order valence-corrected chi connectivity index (χ1v) is 20.5. The third kappa shape index (κ3) is 13.2. The van der Waals surface area contributed by atoms with E-state index in [0.29, 0.717) is 36.4 Å². The molecule has 0 atom stereocenters. The zero-order chi connectivity index (χ0) is 43.3. The van der Waals surface area contributed by atoms with E-state index in [1.165, 1.54) is 46.8 Å². The highest BCUT2D eigenvalue weighted by atomic mass is 16.5. The molecule has 0 amide bonds. The SMILES string of the molecule is CC(=O)c1cccc(C(C)=O)n1.CCCOc1ccc2ccccc2c1-c1c(OCCC)ccc2ccccc12.CCc1cccc(CC)n1.COc1cccc(OC)n1. The molecule has 9 nitrogen and oxygen atoms in total. The first-order valence-electron chi connectivity index (χ1n) is 20.5. The van der Waals surface area contributed by atoms with Gasteiger partial charge in [0.2, 0.25) is 11.8 Å². The lowest BCUT2D eigenvalue weighted by molar-refractivity contribution is 0.100. The Kier molecular flexibility index (Phi) is 18.7. The first kappa shape index (κ1) is 46.1. The average Bonchev–Trinajstić information content (AvgIpc) is 3.30. The molecule has 3 aromatic heterocycles. The highest BCUT2D eigenvalue weighted by Gasteiger charge is 2.19. The van der Waals surface area contributed by atoms with Gasteiger partial charge in [-0.15, -0.1) is 0 Å². The smallest absolute Gasteiger partial charge is 0.216 e. The van der Waals surface area contributed by atoms with Crippen molar-refractivity contribution in [2.45, 2.75) is 67.2 Å². The number of hydrogen-bond acceptors (Lipinski definition) is 9. The molecule has 0 saturated carbocycles. The van der Waals surface area contributed by atoms with Gasteiger partial charge in [0.05, 0.1) is 27.4 Å². The molecule has 7 rings (SSSR count). The summed E-state index contributed by atoms with van der Waals surface area (Å²) in [6, 6.07) is 41.9. The van der Waals surface area contributed by atoms with Crippen molar-refractivity contribution in [2.24, 2.45) is 0 Å². The van der Waals surface area contributed by atoms with Crippen molar-refractivity contribution >= 4 is 33.1 Å². The quantitative estimate of drug-likeness (QED) is 0.105. The van der Waals surface area contributed by atoms with Crippen molar-refractivity contribution in [3.05, 3.63) is 150 Å². The van der Waals surface area contributed by atoms with Crippen LogP contribution in [-0.2, 0) is 12.8 Å². The van der Waals surface area contributed by atoms with Gasteiger partial charge in [-0.05, 0) is 83.6 Å². The summed E-state index contributed by atoms with van der Waals surface area (Å²) in [5, 5.41) is 4.79. The number of ketones is 2. The molecule has 4 aromatic carbocycles. The van der Waals surface area contributed by atoms with Crippen LogP contribution in [0.15, 0.2) is 127 Å². The lowest BCUT2D eigenvalue weighted by Crippen LogP contribution is -2.02. The van der Waals surface area contributed by atoms with Gasteiger partial charge >= 0.3 is 0 Å². The highest BCUT2D eigenvalue weighted by molar-refractivity contribution is 6.09. The number of benzene rings is 4. The van der Waals surface area contributed by atoms with Crippen LogP contribution >= 0.6 is 0 Å². The minimum atomic E-state index is -0.127. The monoisotopic (exact) mass is 807 g/mol. The molecule has 0 unspecified atom stereocenters. The fourth-order valence-electron chi connectivity index (χ4n) is 6.06. The van der Waals surface area contributed by atoms with E-state index >= 15 is 0 Å². The maximum atomic E-state index is 10.8. The van der Waals surface area contributed by atoms with Crippen LogP contribution in [0.5, 0.6) is 23.3 Å². The number of rotatable bonds is 13. The third-order valence-electron chi connectivity index (χ3n) is 9.13. The Labute approximate surface area is 354 Å². The summed E-state index contributed by atoms with van der Waals surface area (Å²) in [7, 11) is 3.14. The van der Waals surface area contributed by atoms with E-state index in [9.17, 15) is 9.59 Å². The molecule has 0 aliphatic rings. The number of nitrogens with zero attached hydrogens (tertiary/aromatic N) is 3. The Morgan fingerprint density at radius 1 is 0.467 bits per heavy atom. The summed E-state index contributed by atoms with van der Waals surface area (Å²) in [4.78, 5) is 33.9. The molecule has 0 aliphatic carbocycles. The molecule has 0 N–H and O–H groups in total. The van der Waals surface area contributed by atoms with Gasteiger partial charge in [-0.2, -0.15) is 4.98 Å². The van der Waals surface area contributed by atoms with Gasteiger partial charge in [-0.1, -0.05) is 107 Å². The standard InChI is InChI=1S/C26H26O2.C9H9NO2.C9H13N.C7H9NO2/c1-3-17-27-23-15-13-19-9-5-7-11-21(19)25(23)26-22-12-8-6-10-20(22)14-16-24(26)28-18-4-2;1-6(11)8-4-3-5-9(10-8)7(2)12;1-3-8-6-5-7-9(4-2)10-8;1-9-6-4-3-5-7(8-6)10-2/h5-16H,3-4,17-18H2,1-2H3;3-5H,1-2H3;5-7H,3-4H2,1-2H3;3-5H,1-2H3. The molecule has 0 fully saturated rings. The van der Waals surface area contributed by atoms with Gasteiger partial charge in [0, 0.05) is 48.5 Å². The summed E-state index contributed by atoms with van der Waals surface area (Å²) in [6.07, 6.45) is 4.02. The van der Waals surface area contributed by atoms with E-state index in [1.54, 1.807) is 44.6 Å². The van der Waals surface area contributed by atoms with Crippen LogP contribution in [0.25, 0.3) is 32.7 Å². The van der Waals surface area contributed by atoms with Crippen molar-refractivity contribution in [3.8, 4) is 34.4 Å². The summed E-state index contributed by atoms with van der Waals surface area (Å²) in [5.74, 6) is 2.71. The number of pyridine rings is 3. The second-order valence-electron chi connectivity index (χ2n) is 13.6. The van der Waals surface area contributed by atoms with E-state index in [0.717, 1.165) is 48.3 Å². The van der Waals surface area contributed by atoms with Crippen LogP contribution in [-0.4, -0.2) is 54.0 Å². The third-order valence-corrected chi connectivity index (χ3v) is 9.13. The number of methoxy groups -OCH3 is 2. The van der Waals surface area contributed by atoms with Crippen molar-refractivity contribution in [3.63, 3.8) is 0 Å². The van der Waals surface area contributed by atoms with Gasteiger partial charge in [-0.25, -0.2) is 4.98 Å². The first-order chi connectivity index (χ1) is 29.2. The second kappa shape index (κ2) is 24.3. The largest absolute Gasteiger partial charge is 0.493 e. The van der Waals surface area contributed by atoms with E-state index in [1.807, 2.05) is 6.07 Å².